The van der Waals surface area contributed by atoms with Crippen LogP contribution in [-0.4, -0.2) is 91.0 Å². The van der Waals surface area contributed by atoms with Crippen molar-refractivity contribution >= 4 is 22.5 Å². The van der Waals surface area contributed by atoms with E-state index in [-0.39, 0.29) is 22.4 Å². The highest BCUT2D eigenvalue weighted by atomic mass is 19.1. The van der Waals surface area contributed by atoms with Crippen LogP contribution in [0, 0.1) is 5.82 Å². The Morgan fingerprint density at radius 3 is 2.73 bits per heavy atom. The number of anilines is 1. The number of nitrogens with zero attached hydrogens (tertiary/aromatic N) is 3. The molecule has 0 radical (unpaired) electrons. The lowest BCUT2D eigenvalue weighted by Crippen LogP contribution is -2.37. The minimum atomic E-state index is -0.750. The third-order valence-corrected chi connectivity index (χ3v) is 10.6. The van der Waals surface area contributed by atoms with Crippen LogP contribution < -0.4 is 20.8 Å². The summed E-state index contributed by atoms with van der Waals surface area (Å²) in [6.07, 6.45) is 5.05. The van der Waals surface area contributed by atoms with E-state index in [9.17, 15) is 14.7 Å². The number of hydrogen-bond acceptors (Lipinski definition) is 8. The van der Waals surface area contributed by atoms with Crippen molar-refractivity contribution in [3.63, 3.8) is 0 Å². The summed E-state index contributed by atoms with van der Waals surface area (Å²) >= 11 is 0. The summed E-state index contributed by atoms with van der Waals surface area (Å²) in [6, 6.07) is 13.3. The minimum absolute atomic E-state index is 0.0603. The van der Waals surface area contributed by atoms with Crippen LogP contribution in [0.2, 0.25) is 0 Å². The third-order valence-electron chi connectivity index (χ3n) is 10.6. The van der Waals surface area contributed by atoms with Gasteiger partial charge in [-0.05, 0) is 86.3 Å². The van der Waals surface area contributed by atoms with Crippen LogP contribution in [-0.2, 0) is 11.2 Å². The Balaban J connectivity index is 1.20. The van der Waals surface area contributed by atoms with Crippen molar-refractivity contribution in [1.29, 1.82) is 0 Å². The van der Waals surface area contributed by atoms with E-state index in [0.717, 1.165) is 68.6 Å². The zero-order valence-electron chi connectivity index (χ0n) is 27.8. The third kappa shape index (κ3) is 5.88. The Hall–Kier alpha value is -4.29. The first-order chi connectivity index (χ1) is 23.9. The molecule has 8 rings (SSSR count). The molecule has 2 unspecified atom stereocenters. The zero-order valence-corrected chi connectivity index (χ0v) is 27.8. The molecule has 1 aromatic heterocycles. The Morgan fingerprint density at radius 1 is 1.08 bits per heavy atom. The molecule has 49 heavy (non-hydrogen) atoms. The maximum atomic E-state index is 16.0. The number of halogens is 1. The van der Waals surface area contributed by atoms with E-state index < -0.39 is 23.3 Å². The summed E-state index contributed by atoms with van der Waals surface area (Å²) < 4.78 is 29.8. The number of aromatic nitrogens is 1. The maximum Gasteiger partial charge on any atom is 0.256 e. The standard InChI is InChI=1S/C38H42FN5O5/c1-42-12-4-7-24(42)9-11-41-38(47)29-22-44-31-20-26-25-8-3-2-6-23(25)18-32(45)27(26)21-33(31)49-37-34(30(39)19-28(35(37)44)36(29)46)40-10-5-13-43-14-16-48-17-15-43/h2-3,6,8,19-22,24,32,40,45H,4-5,7,9-18H2,1H3,(H,41,47). The van der Waals surface area contributed by atoms with Gasteiger partial charge in [-0.1, -0.05) is 24.3 Å². The number of rotatable bonds is 9. The van der Waals surface area contributed by atoms with E-state index in [4.69, 9.17) is 9.47 Å². The Bertz CT molecular complexity index is 1990. The molecular weight excluding hydrogens is 625 g/mol. The van der Waals surface area contributed by atoms with E-state index in [1.807, 2.05) is 36.4 Å². The quantitative estimate of drug-likeness (QED) is 0.192. The number of fused-ring (bicyclic) bond motifs is 5. The lowest BCUT2D eigenvalue weighted by molar-refractivity contribution is 0.0378. The summed E-state index contributed by atoms with van der Waals surface area (Å²) in [6.45, 7) is 5.97. The first-order valence-corrected chi connectivity index (χ1v) is 17.4. The fourth-order valence-corrected chi connectivity index (χ4v) is 7.93. The normalized spacial score (nSPS) is 20.0. The van der Waals surface area contributed by atoms with Crippen LogP contribution in [0.15, 0.2) is 53.5 Å². The molecule has 1 amide bonds. The number of aliphatic hydroxyl groups excluding tert-OH is 1. The van der Waals surface area contributed by atoms with Crippen LogP contribution in [0.25, 0.3) is 27.7 Å². The van der Waals surface area contributed by atoms with Gasteiger partial charge in [0.05, 0.1) is 30.4 Å². The molecule has 4 aromatic rings. The summed E-state index contributed by atoms with van der Waals surface area (Å²) in [5.74, 6) is -0.523. The average molecular weight is 668 g/mol. The molecular formula is C38H42FN5O5. The molecule has 11 heteroatoms. The van der Waals surface area contributed by atoms with Crippen molar-refractivity contribution in [1.82, 2.24) is 19.7 Å². The average Bonchev–Trinajstić information content (AvgIpc) is 3.52. The van der Waals surface area contributed by atoms with Crippen LogP contribution in [0.5, 0.6) is 11.5 Å². The SMILES string of the molecule is CN1CCCC1CCNC(=O)c1cn2c3c(c(NCCCN4CCOCC4)c(F)cc3c1=O)Oc1cc3c(cc1-2)-c1ccccc1CC3O. The smallest absolute Gasteiger partial charge is 0.256 e. The number of aliphatic hydroxyl groups is 1. The van der Waals surface area contributed by atoms with Crippen LogP contribution >= 0.6 is 0 Å². The van der Waals surface area contributed by atoms with E-state index in [0.29, 0.717) is 61.3 Å². The first-order valence-electron chi connectivity index (χ1n) is 17.4. The second-order valence-corrected chi connectivity index (χ2v) is 13.6. The molecule has 3 aliphatic heterocycles. The van der Waals surface area contributed by atoms with Gasteiger partial charge < -0.3 is 34.7 Å². The predicted molar refractivity (Wildman–Crippen MR) is 187 cm³/mol. The molecule has 3 N–H and O–H groups in total. The van der Waals surface area contributed by atoms with E-state index in [1.165, 1.54) is 6.07 Å². The van der Waals surface area contributed by atoms with Crippen molar-refractivity contribution in [2.75, 3.05) is 64.8 Å². The number of carbonyl (C=O) groups excluding carboxylic acids is 1. The van der Waals surface area contributed by atoms with Crippen molar-refractivity contribution in [3.05, 3.63) is 81.4 Å². The number of nitrogens with one attached hydrogen (secondary N) is 2. The number of morpholine rings is 1. The van der Waals surface area contributed by atoms with Crippen molar-refractivity contribution in [2.24, 2.45) is 0 Å². The van der Waals surface area contributed by atoms with Gasteiger partial charge in [-0.25, -0.2) is 4.39 Å². The van der Waals surface area contributed by atoms with Crippen LogP contribution in [0.1, 0.15) is 53.3 Å². The van der Waals surface area contributed by atoms with E-state index >= 15 is 4.39 Å². The van der Waals surface area contributed by atoms with Crippen LogP contribution in [0.3, 0.4) is 0 Å². The van der Waals surface area contributed by atoms with Gasteiger partial charge in [0, 0.05) is 44.8 Å². The monoisotopic (exact) mass is 667 g/mol. The number of ether oxygens (including phenoxy) is 2. The topological polar surface area (TPSA) is 108 Å². The Morgan fingerprint density at radius 2 is 1.92 bits per heavy atom. The largest absolute Gasteiger partial charge is 0.451 e. The summed E-state index contributed by atoms with van der Waals surface area (Å²) in [7, 11) is 2.09. The lowest BCUT2D eigenvalue weighted by Gasteiger charge is -2.30. The maximum absolute atomic E-state index is 16.0. The van der Waals surface area contributed by atoms with Gasteiger partial charge in [0.1, 0.15) is 16.8 Å². The first kappa shape index (κ1) is 31.9. The zero-order chi connectivity index (χ0) is 33.6. The number of amides is 1. The summed E-state index contributed by atoms with van der Waals surface area (Å²) in [5.41, 5.74) is 4.14. The van der Waals surface area contributed by atoms with Crippen LogP contribution in [0.4, 0.5) is 10.1 Å². The van der Waals surface area contributed by atoms with Gasteiger partial charge >= 0.3 is 0 Å². The molecule has 256 valence electrons. The Kier molecular flexibility index (Phi) is 8.61. The second-order valence-electron chi connectivity index (χ2n) is 13.6. The molecule has 0 bridgehead atoms. The molecule has 0 saturated carbocycles. The van der Waals surface area contributed by atoms with Gasteiger partial charge in [0.2, 0.25) is 5.43 Å². The Labute approximate surface area is 284 Å². The summed E-state index contributed by atoms with van der Waals surface area (Å²) in [5, 5.41) is 17.5. The van der Waals surface area contributed by atoms with Gasteiger partial charge in [-0.3, -0.25) is 14.5 Å². The lowest BCUT2D eigenvalue weighted by atomic mass is 9.83. The van der Waals surface area contributed by atoms with Gasteiger partial charge in [-0.2, -0.15) is 0 Å². The number of likely N-dealkylation sites (tertiary alicyclic amines) is 1. The van der Waals surface area contributed by atoms with E-state index in [2.05, 4.69) is 27.5 Å². The molecule has 3 aromatic carbocycles. The van der Waals surface area contributed by atoms with Gasteiger partial charge in [0.25, 0.3) is 5.91 Å². The fourth-order valence-electron chi connectivity index (χ4n) is 7.93. The second kappa shape index (κ2) is 13.2. The van der Waals surface area contributed by atoms with E-state index in [1.54, 1.807) is 10.8 Å². The molecule has 2 atom stereocenters. The van der Waals surface area contributed by atoms with Gasteiger partial charge in [0.15, 0.2) is 17.3 Å². The highest BCUT2D eigenvalue weighted by molar-refractivity contribution is 6.01. The molecule has 4 heterocycles. The minimum Gasteiger partial charge on any atom is -0.451 e. The molecule has 10 nitrogen and oxygen atoms in total. The number of carbonyl (C=O) groups is 1. The molecule has 2 saturated heterocycles. The number of hydrogen-bond donors (Lipinski definition) is 3. The van der Waals surface area contributed by atoms with Crippen molar-refractivity contribution in [2.45, 2.75) is 44.2 Å². The molecule has 0 spiro atoms. The molecule has 1 aliphatic carbocycles. The number of pyridine rings is 1. The molecule has 4 aliphatic rings. The van der Waals surface area contributed by atoms with Gasteiger partial charge in [-0.15, -0.1) is 0 Å². The van der Waals surface area contributed by atoms with Crippen molar-refractivity contribution < 1.29 is 23.8 Å². The number of benzene rings is 3. The fraction of sp³-hybridized carbons (Fsp3) is 0.421. The molecule has 2 fully saturated rings. The van der Waals surface area contributed by atoms with Crippen molar-refractivity contribution in [3.8, 4) is 28.3 Å². The summed E-state index contributed by atoms with van der Waals surface area (Å²) in [4.78, 5) is 32.2. The highest BCUT2D eigenvalue weighted by Crippen LogP contribution is 2.49. The highest BCUT2D eigenvalue weighted by Gasteiger charge is 2.32. The predicted octanol–water partition coefficient (Wildman–Crippen LogP) is 4.84.